The van der Waals surface area contributed by atoms with Gasteiger partial charge in [-0.05, 0) is 6.07 Å². The zero-order valence-electron chi connectivity index (χ0n) is 6.58. The van der Waals surface area contributed by atoms with Gasteiger partial charge in [0.25, 0.3) is 6.41 Å². The van der Waals surface area contributed by atoms with E-state index in [0.717, 1.165) is 0 Å². The fourth-order valence-electron chi connectivity index (χ4n) is 0.656. The maximum absolute atomic E-state index is 12.8. The molecule has 1 aromatic rings. The van der Waals surface area contributed by atoms with Gasteiger partial charge in [-0.3, -0.25) is 5.73 Å². The Labute approximate surface area is 69.9 Å². The van der Waals surface area contributed by atoms with Crippen molar-refractivity contribution in [2.45, 2.75) is 6.41 Å². The van der Waals surface area contributed by atoms with E-state index < -0.39 is 12.2 Å². The molecule has 0 spiro atoms. The number of para-hydroxylation sites is 1. The Balaban J connectivity index is 2.69. The van der Waals surface area contributed by atoms with E-state index in [9.17, 15) is 4.39 Å². The zero-order valence-corrected chi connectivity index (χ0v) is 6.58. The molecular formula is C8H9FNO2. The summed E-state index contributed by atoms with van der Waals surface area (Å²) in [5.41, 5.74) is 5.24. The third kappa shape index (κ3) is 2.18. The van der Waals surface area contributed by atoms with Crippen molar-refractivity contribution >= 4 is 0 Å². The molecule has 0 amide bonds. The van der Waals surface area contributed by atoms with Crippen molar-refractivity contribution in [3.63, 3.8) is 0 Å². The van der Waals surface area contributed by atoms with E-state index in [4.69, 9.17) is 10.5 Å². The van der Waals surface area contributed by atoms with Crippen molar-refractivity contribution in [1.29, 1.82) is 0 Å². The number of methoxy groups -OCH3 is 1. The Bertz CT molecular complexity index is 255. The summed E-state index contributed by atoms with van der Waals surface area (Å²) in [6, 6.07) is 6.85. The largest absolute Gasteiger partial charge is 0.448 e. The Morgan fingerprint density at radius 3 is 3.00 bits per heavy atom. The highest BCUT2D eigenvalue weighted by atomic mass is 19.1. The van der Waals surface area contributed by atoms with Gasteiger partial charge >= 0.3 is 0 Å². The van der Waals surface area contributed by atoms with Crippen molar-refractivity contribution in [1.82, 2.24) is 0 Å². The zero-order chi connectivity index (χ0) is 8.97. The lowest BCUT2D eigenvalue weighted by atomic mass is 10.3. The summed E-state index contributed by atoms with van der Waals surface area (Å²) >= 11 is 0. The predicted molar refractivity (Wildman–Crippen MR) is 40.8 cm³/mol. The summed E-state index contributed by atoms with van der Waals surface area (Å²) in [5.74, 6) is -0.545. The van der Waals surface area contributed by atoms with Gasteiger partial charge in [-0.2, -0.15) is 0 Å². The second-order valence-electron chi connectivity index (χ2n) is 2.07. The second-order valence-corrected chi connectivity index (χ2v) is 2.07. The van der Waals surface area contributed by atoms with Gasteiger partial charge in [0.2, 0.25) is 0 Å². The SMILES string of the molecule is COC(N)Oc1[c]cccc1F. The number of halogens is 1. The first-order chi connectivity index (χ1) is 5.74. The van der Waals surface area contributed by atoms with Crippen LogP contribution in [-0.4, -0.2) is 13.5 Å². The average Bonchev–Trinajstić information content (AvgIpc) is 2.09. The molecule has 2 N–H and O–H groups in total. The van der Waals surface area contributed by atoms with Crippen LogP contribution in [0.15, 0.2) is 18.2 Å². The molecule has 12 heavy (non-hydrogen) atoms. The summed E-state index contributed by atoms with van der Waals surface area (Å²) in [5, 5.41) is 0. The first-order valence-corrected chi connectivity index (χ1v) is 3.35. The smallest absolute Gasteiger partial charge is 0.256 e. The summed E-state index contributed by atoms with van der Waals surface area (Å²) in [4.78, 5) is 0. The third-order valence-electron chi connectivity index (χ3n) is 1.24. The molecule has 1 atom stereocenters. The number of hydrogen-bond donors (Lipinski definition) is 1. The predicted octanol–water partition coefficient (Wildman–Crippen LogP) is 0.893. The van der Waals surface area contributed by atoms with E-state index in [1.165, 1.54) is 25.3 Å². The molecule has 0 aliphatic rings. The van der Waals surface area contributed by atoms with Gasteiger partial charge in [-0.15, -0.1) is 0 Å². The normalized spacial score (nSPS) is 12.6. The first-order valence-electron chi connectivity index (χ1n) is 3.35. The Kier molecular flexibility index (Phi) is 3.01. The summed E-state index contributed by atoms with van der Waals surface area (Å²) in [6.45, 7) is 0. The summed E-state index contributed by atoms with van der Waals surface area (Å²) in [6.07, 6.45) is -0.960. The minimum Gasteiger partial charge on any atom is -0.448 e. The average molecular weight is 170 g/mol. The van der Waals surface area contributed by atoms with Crippen LogP contribution in [0.2, 0.25) is 0 Å². The molecule has 0 fully saturated rings. The molecule has 65 valence electrons. The van der Waals surface area contributed by atoms with Crippen LogP contribution in [-0.2, 0) is 4.74 Å². The van der Waals surface area contributed by atoms with E-state index in [0.29, 0.717) is 0 Å². The van der Waals surface area contributed by atoms with Crippen LogP contribution >= 0.6 is 0 Å². The third-order valence-corrected chi connectivity index (χ3v) is 1.24. The summed E-state index contributed by atoms with van der Waals surface area (Å²) < 4.78 is 22.2. The fourth-order valence-corrected chi connectivity index (χ4v) is 0.656. The van der Waals surface area contributed by atoms with Crippen molar-refractivity contribution in [3.8, 4) is 5.75 Å². The van der Waals surface area contributed by atoms with Crippen molar-refractivity contribution in [3.05, 3.63) is 30.1 Å². The molecular weight excluding hydrogens is 161 g/mol. The van der Waals surface area contributed by atoms with Crippen LogP contribution in [0.25, 0.3) is 0 Å². The number of nitrogens with two attached hydrogens (primary N) is 1. The molecule has 0 aliphatic carbocycles. The van der Waals surface area contributed by atoms with Crippen molar-refractivity contribution in [2.75, 3.05) is 7.11 Å². The molecule has 1 radical (unpaired) electrons. The highest BCUT2D eigenvalue weighted by Gasteiger charge is 2.05. The maximum atomic E-state index is 12.8. The Hall–Kier alpha value is -1.13. The number of benzene rings is 1. The highest BCUT2D eigenvalue weighted by Crippen LogP contribution is 2.14. The molecule has 0 heterocycles. The topological polar surface area (TPSA) is 44.5 Å². The van der Waals surface area contributed by atoms with Gasteiger partial charge in [0.1, 0.15) is 0 Å². The van der Waals surface area contributed by atoms with Crippen LogP contribution in [0, 0.1) is 11.9 Å². The Morgan fingerprint density at radius 1 is 1.67 bits per heavy atom. The molecule has 4 heteroatoms. The first kappa shape index (κ1) is 8.96. The van der Waals surface area contributed by atoms with Crippen LogP contribution < -0.4 is 10.5 Å². The quantitative estimate of drug-likeness (QED) is 0.685. The van der Waals surface area contributed by atoms with Gasteiger partial charge < -0.3 is 9.47 Å². The van der Waals surface area contributed by atoms with Gasteiger partial charge in [-0.25, -0.2) is 4.39 Å². The van der Waals surface area contributed by atoms with E-state index >= 15 is 0 Å². The van der Waals surface area contributed by atoms with E-state index in [2.05, 4.69) is 10.8 Å². The van der Waals surface area contributed by atoms with Gasteiger partial charge in [0.05, 0.1) is 0 Å². The summed E-state index contributed by atoms with van der Waals surface area (Å²) in [7, 11) is 1.37. The van der Waals surface area contributed by atoms with Crippen LogP contribution in [0.4, 0.5) is 4.39 Å². The van der Waals surface area contributed by atoms with Crippen molar-refractivity contribution in [2.24, 2.45) is 5.73 Å². The van der Waals surface area contributed by atoms with Crippen LogP contribution in [0.5, 0.6) is 5.75 Å². The molecule has 0 aliphatic heterocycles. The minimum absolute atomic E-state index is 0.0353. The monoisotopic (exact) mass is 170 g/mol. The van der Waals surface area contributed by atoms with Gasteiger partial charge in [-0.1, -0.05) is 12.1 Å². The molecule has 0 aromatic heterocycles. The van der Waals surface area contributed by atoms with Crippen LogP contribution in [0.1, 0.15) is 0 Å². The molecule has 1 unspecified atom stereocenters. The lowest BCUT2D eigenvalue weighted by molar-refractivity contribution is -0.0499. The molecule has 0 bridgehead atoms. The lowest BCUT2D eigenvalue weighted by Crippen LogP contribution is -2.29. The Morgan fingerprint density at radius 2 is 2.42 bits per heavy atom. The van der Waals surface area contributed by atoms with Crippen LogP contribution in [0.3, 0.4) is 0 Å². The standard InChI is InChI=1S/C8H9FNO2/c1-11-8(10)12-7-5-3-2-4-6(7)9/h2-4,8H,10H2,1H3. The van der Waals surface area contributed by atoms with E-state index in [-0.39, 0.29) is 5.75 Å². The minimum atomic E-state index is -0.960. The van der Waals surface area contributed by atoms with E-state index in [1.807, 2.05) is 0 Å². The molecule has 1 rings (SSSR count). The lowest BCUT2D eigenvalue weighted by Gasteiger charge is -2.11. The van der Waals surface area contributed by atoms with Crippen molar-refractivity contribution < 1.29 is 13.9 Å². The van der Waals surface area contributed by atoms with E-state index in [1.54, 1.807) is 0 Å². The molecule has 3 nitrogen and oxygen atoms in total. The number of hydrogen-bond acceptors (Lipinski definition) is 3. The van der Waals surface area contributed by atoms with Gasteiger partial charge in [0.15, 0.2) is 11.6 Å². The van der Waals surface area contributed by atoms with Gasteiger partial charge in [0, 0.05) is 13.2 Å². The molecule has 0 saturated carbocycles. The number of ether oxygens (including phenoxy) is 2. The fraction of sp³-hybridized carbons (Fsp3) is 0.250. The maximum Gasteiger partial charge on any atom is 0.256 e. The molecule has 1 aromatic carbocycles. The molecule has 0 saturated heterocycles. The number of rotatable bonds is 3. The highest BCUT2D eigenvalue weighted by molar-refractivity contribution is 5.21. The second kappa shape index (κ2) is 4.04.